The number of halogens is 1. The van der Waals surface area contributed by atoms with Crippen LogP contribution in [0.1, 0.15) is 54.6 Å². The van der Waals surface area contributed by atoms with Gasteiger partial charge in [0, 0.05) is 29.5 Å². The Morgan fingerprint density at radius 2 is 2.03 bits per heavy atom. The summed E-state index contributed by atoms with van der Waals surface area (Å²) < 4.78 is 25.6. The average Bonchev–Trinajstić information content (AvgIpc) is 3.18. The van der Waals surface area contributed by atoms with Gasteiger partial charge in [-0.25, -0.2) is 14.2 Å². The van der Waals surface area contributed by atoms with E-state index in [1.165, 1.54) is 13.0 Å². The van der Waals surface area contributed by atoms with Crippen LogP contribution >= 0.6 is 0 Å². The van der Waals surface area contributed by atoms with Gasteiger partial charge in [0.25, 0.3) is 0 Å². The standard InChI is InChI=1S/C27H24FNO5/c1-4-27(34-13(3)30)20-9-17-18(25(31)19(20)11-33-26(27)32)8-16-15-7-5-6-14-12(2)21(28)10-22(23(14)15)29-24(16)17/h9-10,18H,4-8,11H2,1-3H3/t18?,27-/m0/s1. The van der Waals surface area contributed by atoms with E-state index in [0.717, 1.165) is 41.3 Å². The number of aromatic nitrogens is 1. The van der Waals surface area contributed by atoms with Gasteiger partial charge in [-0.2, -0.15) is 0 Å². The Hall–Kier alpha value is -3.35. The molecule has 1 unspecified atom stereocenters. The molecule has 0 radical (unpaired) electrons. The van der Waals surface area contributed by atoms with Gasteiger partial charge in [0.05, 0.1) is 17.1 Å². The number of ketones is 1. The first-order chi connectivity index (χ1) is 16.3. The van der Waals surface area contributed by atoms with E-state index in [-0.39, 0.29) is 24.6 Å². The predicted molar refractivity (Wildman–Crippen MR) is 121 cm³/mol. The highest BCUT2D eigenvalue weighted by Crippen LogP contribution is 2.49. The smallest absolute Gasteiger partial charge is 0.355 e. The fourth-order valence-electron chi connectivity index (χ4n) is 6.27. The second-order valence-electron chi connectivity index (χ2n) is 9.59. The van der Waals surface area contributed by atoms with Crippen molar-refractivity contribution < 1.29 is 28.2 Å². The number of carbonyl (C=O) groups excluding carboxylic acids is 3. The van der Waals surface area contributed by atoms with Gasteiger partial charge in [-0.3, -0.25) is 9.59 Å². The molecule has 174 valence electrons. The molecule has 0 saturated carbocycles. The Balaban J connectivity index is 1.61. The molecule has 4 aliphatic rings. The molecule has 3 aliphatic carbocycles. The zero-order valence-electron chi connectivity index (χ0n) is 19.3. The molecule has 0 fully saturated rings. The summed E-state index contributed by atoms with van der Waals surface area (Å²) >= 11 is 0. The maximum Gasteiger partial charge on any atom is 0.355 e. The van der Waals surface area contributed by atoms with Crippen molar-refractivity contribution in [2.24, 2.45) is 5.92 Å². The lowest BCUT2D eigenvalue weighted by Crippen LogP contribution is -2.50. The van der Waals surface area contributed by atoms with Gasteiger partial charge in [0.1, 0.15) is 12.4 Å². The number of cyclic esters (lactones) is 1. The molecule has 0 saturated heterocycles. The summed E-state index contributed by atoms with van der Waals surface area (Å²) in [4.78, 5) is 43.3. The Kier molecular flexibility index (Phi) is 4.41. The van der Waals surface area contributed by atoms with Crippen LogP contribution in [-0.2, 0) is 43.1 Å². The monoisotopic (exact) mass is 461 g/mol. The highest BCUT2D eigenvalue weighted by atomic mass is 19.1. The second kappa shape index (κ2) is 7.08. The molecule has 6 rings (SSSR count). The zero-order chi connectivity index (χ0) is 23.9. The number of nitrogens with zero attached hydrogens (tertiary/aromatic N) is 1. The summed E-state index contributed by atoms with van der Waals surface area (Å²) in [7, 11) is 0. The van der Waals surface area contributed by atoms with E-state index < -0.39 is 23.5 Å². The molecular formula is C27H24FNO5. The molecular weight excluding hydrogens is 437 g/mol. The molecule has 6 nitrogen and oxygen atoms in total. The Bertz CT molecular complexity index is 1420. The number of ether oxygens (including phenoxy) is 2. The molecule has 0 bridgehead atoms. The van der Waals surface area contributed by atoms with Gasteiger partial charge in [-0.05, 0) is 72.9 Å². The van der Waals surface area contributed by atoms with Gasteiger partial charge >= 0.3 is 11.9 Å². The van der Waals surface area contributed by atoms with Crippen molar-refractivity contribution in [3.8, 4) is 0 Å². The first-order valence-electron chi connectivity index (χ1n) is 11.8. The highest BCUT2D eigenvalue weighted by Gasteiger charge is 2.53. The Morgan fingerprint density at radius 3 is 2.76 bits per heavy atom. The van der Waals surface area contributed by atoms with Crippen molar-refractivity contribution in [2.75, 3.05) is 6.61 Å². The number of pyridine rings is 1. The average molecular weight is 461 g/mol. The fourth-order valence-corrected chi connectivity index (χ4v) is 6.27. The molecule has 1 aliphatic heterocycles. The fraction of sp³-hybridized carbons (Fsp3) is 0.407. The minimum atomic E-state index is -1.66. The van der Waals surface area contributed by atoms with E-state index in [4.69, 9.17) is 14.5 Å². The van der Waals surface area contributed by atoms with Gasteiger partial charge < -0.3 is 9.47 Å². The van der Waals surface area contributed by atoms with E-state index in [0.29, 0.717) is 39.9 Å². The van der Waals surface area contributed by atoms with Crippen LogP contribution in [0.3, 0.4) is 0 Å². The number of fused-ring (bicyclic) bond motifs is 4. The van der Waals surface area contributed by atoms with E-state index in [1.807, 2.05) is 6.92 Å². The number of benzene rings is 1. The summed E-state index contributed by atoms with van der Waals surface area (Å²) in [5.41, 5.74) is 4.98. The third-order valence-corrected chi connectivity index (χ3v) is 7.89. The molecule has 1 aromatic heterocycles. The highest BCUT2D eigenvalue weighted by molar-refractivity contribution is 6.12. The third-order valence-electron chi connectivity index (χ3n) is 7.89. The van der Waals surface area contributed by atoms with E-state index in [1.54, 1.807) is 13.0 Å². The number of Topliss-reactive ketones (excluding diaryl/α,β-unsaturated/α-hetero) is 1. The van der Waals surface area contributed by atoms with Crippen LogP contribution < -0.4 is 0 Å². The minimum Gasteiger partial charge on any atom is -0.457 e. The summed E-state index contributed by atoms with van der Waals surface area (Å²) in [5, 5.41) is 1.02. The number of hydrogen-bond donors (Lipinski definition) is 0. The topological polar surface area (TPSA) is 82.6 Å². The number of esters is 2. The molecule has 2 atom stereocenters. The summed E-state index contributed by atoms with van der Waals surface area (Å²) in [6.45, 7) is 4.63. The van der Waals surface area contributed by atoms with Crippen LogP contribution in [0.15, 0.2) is 23.3 Å². The summed E-state index contributed by atoms with van der Waals surface area (Å²) in [6.07, 6.45) is 5.06. The van der Waals surface area contributed by atoms with Crippen LogP contribution in [0.5, 0.6) is 0 Å². The third kappa shape index (κ3) is 2.61. The van der Waals surface area contributed by atoms with Crippen LogP contribution in [0, 0.1) is 18.7 Å². The number of rotatable bonds is 2. The first kappa shape index (κ1) is 21.2. The van der Waals surface area contributed by atoms with Crippen molar-refractivity contribution in [3.05, 3.63) is 57.1 Å². The SMILES string of the molecule is CC[C@@]1(OC(C)=O)C(=O)OCC2=C1C=C1c3nc4cc(F)c(C)c5c4c(c3CC1C2=O)CCC5. The van der Waals surface area contributed by atoms with Crippen LogP contribution in [0.2, 0.25) is 0 Å². The molecule has 0 amide bonds. The molecule has 0 N–H and O–H groups in total. The van der Waals surface area contributed by atoms with Crippen LogP contribution in [-0.4, -0.2) is 34.9 Å². The van der Waals surface area contributed by atoms with Crippen LogP contribution in [0.25, 0.3) is 16.5 Å². The van der Waals surface area contributed by atoms with Crippen LogP contribution in [0.4, 0.5) is 4.39 Å². The number of hydrogen-bond acceptors (Lipinski definition) is 6. The van der Waals surface area contributed by atoms with Crippen molar-refractivity contribution >= 4 is 34.2 Å². The maximum absolute atomic E-state index is 14.7. The van der Waals surface area contributed by atoms with Gasteiger partial charge in [-0.1, -0.05) is 6.92 Å². The number of aryl methyl sites for hydroxylation is 2. The van der Waals surface area contributed by atoms with Gasteiger partial charge in [0.2, 0.25) is 5.60 Å². The quantitative estimate of drug-likeness (QED) is 0.632. The molecule has 34 heavy (non-hydrogen) atoms. The summed E-state index contributed by atoms with van der Waals surface area (Å²) in [6, 6.07) is 1.49. The largest absolute Gasteiger partial charge is 0.457 e. The first-order valence-corrected chi connectivity index (χ1v) is 11.8. The number of allylic oxidation sites excluding steroid dienone is 1. The molecule has 0 spiro atoms. The lowest BCUT2D eigenvalue weighted by atomic mass is 9.75. The molecule has 7 heteroatoms. The Labute approximate surface area is 195 Å². The summed E-state index contributed by atoms with van der Waals surface area (Å²) in [5.74, 6) is -2.13. The van der Waals surface area contributed by atoms with E-state index in [2.05, 4.69) is 0 Å². The number of carbonyl (C=O) groups is 3. The van der Waals surface area contributed by atoms with Crippen molar-refractivity contribution in [3.63, 3.8) is 0 Å². The molecule has 2 aromatic rings. The van der Waals surface area contributed by atoms with Gasteiger partial charge in [0.15, 0.2) is 5.78 Å². The Morgan fingerprint density at radius 1 is 1.26 bits per heavy atom. The van der Waals surface area contributed by atoms with E-state index >= 15 is 0 Å². The lowest BCUT2D eigenvalue weighted by Gasteiger charge is -2.38. The van der Waals surface area contributed by atoms with Crippen molar-refractivity contribution in [1.29, 1.82) is 0 Å². The van der Waals surface area contributed by atoms with Crippen molar-refractivity contribution in [1.82, 2.24) is 4.98 Å². The minimum absolute atomic E-state index is 0.127. The normalized spacial score (nSPS) is 24.9. The lowest BCUT2D eigenvalue weighted by molar-refractivity contribution is -0.178. The van der Waals surface area contributed by atoms with Crippen molar-refractivity contribution in [2.45, 2.75) is 58.5 Å². The molecule has 1 aromatic carbocycles. The predicted octanol–water partition coefficient (Wildman–Crippen LogP) is 3.87. The second-order valence-corrected chi connectivity index (χ2v) is 9.59. The van der Waals surface area contributed by atoms with E-state index in [9.17, 15) is 18.8 Å². The maximum atomic E-state index is 14.7. The molecule has 2 heterocycles. The zero-order valence-corrected chi connectivity index (χ0v) is 19.3. The van der Waals surface area contributed by atoms with Gasteiger partial charge in [-0.15, -0.1) is 0 Å².